The Labute approximate surface area is 126 Å². The van der Waals surface area contributed by atoms with Crippen molar-refractivity contribution < 1.29 is 13.2 Å². The van der Waals surface area contributed by atoms with E-state index < -0.39 is 17.3 Å². The highest BCUT2D eigenvalue weighted by molar-refractivity contribution is 6.43. The number of fused-ring (bicyclic) bond motifs is 1. The molecular formula is C14H5Cl2F2NO2. The van der Waals surface area contributed by atoms with Crippen LogP contribution in [0.2, 0.25) is 10.0 Å². The van der Waals surface area contributed by atoms with Gasteiger partial charge in [-0.15, -0.1) is 0 Å². The average molecular weight is 328 g/mol. The second-order valence-corrected chi connectivity index (χ2v) is 4.98. The summed E-state index contributed by atoms with van der Waals surface area (Å²) in [5.41, 5.74) is -0.589. The maximum absolute atomic E-state index is 13.3. The van der Waals surface area contributed by atoms with E-state index in [1.807, 2.05) is 0 Å². The first-order chi connectivity index (χ1) is 9.97. The van der Waals surface area contributed by atoms with Gasteiger partial charge in [0.05, 0.1) is 26.5 Å². The van der Waals surface area contributed by atoms with E-state index in [0.29, 0.717) is 0 Å². The van der Waals surface area contributed by atoms with Gasteiger partial charge in [-0.25, -0.2) is 18.6 Å². The molecule has 3 nitrogen and oxygen atoms in total. The van der Waals surface area contributed by atoms with Crippen molar-refractivity contribution in [3.8, 4) is 11.5 Å². The smallest absolute Gasteiger partial charge is 0.347 e. The third-order valence-corrected chi connectivity index (χ3v) is 3.67. The van der Waals surface area contributed by atoms with Crippen molar-refractivity contribution >= 4 is 34.1 Å². The lowest BCUT2D eigenvalue weighted by Gasteiger charge is -2.05. The molecule has 0 unspecified atom stereocenters. The third-order valence-electron chi connectivity index (χ3n) is 2.85. The van der Waals surface area contributed by atoms with E-state index in [1.165, 1.54) is 0 Å². The Hall–Kier alpha value is -1.98. The molecule has 2 aromatic carbocycles. The number of aromatic nitrogens is 1. The zero-order valence-electron chi connectivity index (χ0n) is 10.2. The molecule has 0 saturated heterocycles. The zero-order chi connectivity index (χ0) is 15.1. The van der Waals surface area contributed by atoms with Gasteiger partial charge < -0.3 is 4.42 Å². The van der Waals surface area contributed by atoms with Crippen LogP contribution < -0.4 is 5.63 Å². The monoisotopic (exact) mass is 327 g/mol. The van der Waals surface area contributed by atoms with Crippen molar-refractivity contribution in [1.29, 1.82) is 0 Å². The van der Waals surface area contributed by atoms with Gasteiger partial charge in [0.25, 0.3) is 0 Å². The molecule has 0 saturated carbocycles. The molecule has 0 aliphatic rings. The van der Waals surface area contributed by atoms with Gasteiger partial charge in [-0.1, -0.05) is 29.3 Å². The quantitative estimate of drug-likeness (QED) is 0.663. The van der Waals surface area contributed by atoms with Crippen LogP contribution in [0.25, 0.3) is 22.4 Å². The van der Waals surface area contributed by atoms with E-state index >= 15 is 0 Å². The van der Waals surface area contributed by atoms with Crippen molar-refractivity contribution in [1.82, 2.24) is 4.98 Å². The second-order valence-electron chi connectivity index (χ2n) is 4.19. The summed E-state index contributed by atoms with van der Waals surface area (Å²) in [5, 5.41) is 0.247. The summed E-state index contributed by atoms with van der Waals surface area (Å²) in [6, 6.07) is 6.27. The molecule has 3 aromatic rings. The molecule has 0 aliphatic heterocycles. The number of benzene rings is 2. The van der Waals surface area contributed by atoms with Crippen LogP contribution in [0, 0.1) is 11.6 Å². The molecule has 0 aliphatic carbocycles. The lowest BCUT2D eigenvalue weighted by Crippen LogP contribution is -2.04. The second kappa shape index (κ2) is 5.09. The van der Waals surface area contributed by atoms with E-state index in [-0.39, 0.29) is 32.4 Å². The summed E-state index contributed by atoms with van der Waals surface area (Å²) in [7, 11) is 0. The number of halogens is 4. The van der Waals surface area contributed by atoms with E-state index in [0.717, 1.165) is 12.1 Å². The van der Waals surface area contributed by atoms with Crippen LogP contribution in [0.3, 0.4) is 0 Å². The molecule has 1 heterocycles. The van der Waals surface area contributed by atoms with Crippen LogP contribution in [-0.2, 0) is 0 Å². The Bertz CT molecular complexity index is 925. The van der Waals surface area contributed by atoms with Crippen molar-refractivity contribution in [2.24, 2.45) is 0 Å². The molecular weight excluding hydrogens is 323 g/mol. The van der Waals surface area contributed by atoms with E-state index in [4.69, 9.17) is 27.6 Å². The molecule has 106 valence electrons. The molecule has 0 fully saturated rings. The highest BCUT2D eigenvalue weighted by Crippen LogP contribution is 2.32. The standard InChI is InChI=1S/C14H5Cl2F2NO2/c15-8-3-1-2-6(12(8)16)13-19-11-5-10(18)9(17)4-7(11)14(20)21-13/h1-5H. The summed E-state index contributed by atoms with van der Waals surface area (Å²) >= 11 is 11.9. The molecule has 21 heavy (non-hydrogen) atoms. The van der Waals surface area contributed by atoms with Crippen molar-refractivity contribution in [2.75, 3.05) is 0 Å². The molecule has 0 amide bonds. The number of hydrogen-bond donors (Lipinski definition) is 0. The van der Waals surface area contributed by atoms with Gasteiger partial charge in [-0.2, -0.15) is 0 Å². The van der Waals surface area contributed by atoms with Crippen LogP contribution in [0.15, 0.2) is 39.5 Å². The first-order valence-electron chi connectivity index (χ1n) is 5.71. The highest BCUT2D eigenvalue weighted by Gasteiger charge is 2.15. The third kappa shape index (κ3) is 2.39. The van der Waals surface area contributed by atoms with Gasteiger partial charge >= 0.3 is 5.63 Å². The fraction of sp³-hybridized carbons (Fsp3) is 0. The first kappa shape index (κ1) is 14.0. The van der Waals surface area contributed by atoms with E-state index in [1.54, 1.807) is 18.2 Å². The molecule has 0 bridgehead atoms. The predicted octanol–water partition coefficient (Wildman–Crippen LogP) is 4.44. The van der Waals surface area contributed by atoms with Gasteiger partial charge in [-0.05, 0) is 18.2 Å². The van der Waals surface area contributed by atoms with E-state index in [2.05, 4.69) is 4.98 Å². The molecule has 1 aromatic heterocycles. The zero-order valence-corrected chi connectivity index (χ0v) is 11.7. The maximum Gasteiger partial charge on any atom is 0.347 e. The molecule has 0 atom stereocenters. The summed E-state index contributed by atoms with van der Waals surface area (Å²) in [6.07, 6.45) is 0. The topological polar surface area (TPSA) is 43.1 Å². The molecule has 0 N–H and O–H groups in total. The lowest BCUT2D eigenvalue weighted by molar-refractivity contribution is 0.502. The Kier molecular flexibility index (Phi) is 3.39. The maximum atomic E-state index is 13.3. The lowest BCUT2D eigenvalue weighted by atomic mass is 10.2. The Balaban J connectivity index is 2.33. The Morgan fingerprint density at radius 2 is 1.81 bits per heavy atom. The fourth-order valence-electron chi connectivity index (χ4n) is 1.85. The number of rotatable bonds is 1. The molecule has 7 heteroatoms. The minimum Gasteiger partial charge on any atom is -0.403 e. The molecule has 0 spiro atoms. The first-order valence-corrected chi connectivity index (χ1v) is 6.47. The minimum absolute atomic E-state index is 0.0313. The Morgan fingerprint density at radius 1 is 1.10 bits per heavy atom. The average Bonchev–Trinajstić information content (AvgIpc) is 2.44. The summed E-state index contributed by atoms with van der Waals surface area (Å²) in [6.45, 7) is 0. The van der Waals surface area contributed by atoms with Gasteiger partial charge in [0.1, 0.15) is 0 Å². The van der Waals surface area contributed by atoms with Crippen molar-refractivity contribution in [3.63, 3.8) is 0 Å². The van der Waals surface area contributed by atoms with Crippen LogP contribution in [0.1, 0.15) is 0 Å². The summed E-state index contributed by atoms with van der Waals surface area (Å²) in [4.78, 5) is 15.9. The van der Waals surface area contributed by atoms with Gasteiger partial charge in [0, 0.05) is 6.07 Å². The number of hydrogen-bond acceptors (Lipinski definition) is 3. The van der Waals surface area contributed by atoms with Gasteiger partial charge in [0.2, 0.25) is 5.89 Å². The van der Waals surface area contributed by atoms with Gasteiger partial charge in [-0.3, -0.25) is 0 Å². The SMILES string of the molecule is O=c1oc(-c2cccc(Cl)c2Cl)nc2cc(F)c(F)cc12. The summed E-state index contributed by atoms with van der Waals surface area (Å²) in [5.74, 6) is -2.38. The normalized spacial score (nSPS) is 11.0. The van der Waals surface area contributed by atoms with Crippen molar-refractivity contribution in [2.45, 2.75) is 0 Å². The van der Waals surface area contributed by atoms with Crippen molar-refractivity contribution in [3.05, 3.63) is 62.4 Å². The highest BCUT2D eigenvalue weighted by atomic mass is 35.5. The van der Waals surface area contributed by atoms with Crippen LogP contribution in [-0.4, -0.2) is 4.98 Å². The van der Waals surface area contributed by atoms with Crippen LogP contribution in [0.5, 0.6) is 0 Å². The van der Waals surface area contributed by atoms with Crippen LogP contribution in [0.4, 0.5) is 8.78 Å². The largest absolute Gasteiger partial charge is 0.403 e. The predicted molar refractivity (Wildman–Crippen MR) is 75.7 cm³/mol. The molecule has 3 rings (SSSR count). The minimum atomic E-state index is -1.15. The summed E-state index contributed by atoms with van der Waals surface area (Å²) < 4.78 is 31.4. The Morgan fingerprint density at radius 3 is 2.57 bits per heavy atom. The molecule has 0 radical (unpaired) electrons. The van der Waals surface area contributed by atoms with Crippen LogP contribution >= 0.6 is 23.2 Å². The number of nitrogens with zero attached hydrogens (tertiary/aromatic N) is 1. The van der Waals surface area contributed by atoms with E-state index in [9.17, 15) is 13.6 Å². The fourth-order valence-corrected chi connectivity index (χ4v) is 2.23. The van der Waals surface area contributed by atoms with Gasteiger partial charge in [0.15, 0.2) is 11.6 Å².